The number of hydrogen-bond donors (Lipinski definition) is 1. The fourth-order valence-electron chi connectivity index (χ4n) is 5.40. The minimum absolute atomic E-state index is 0.0382. The second-order valence-electron chi connectivity index (χ2n) is 7.20. The molecule has 2 nitrogen and oxygen atoms in total. The highest BCUT2D eigenvalue weighted by Crippen LogP contribution is 2.57. The largest absolute Gasteiger partial charge is 0.393 e. The summed E-state index contributed by atoms with van der Waals surface area (Å²) in [5, 5.41) is 19.7. The first kappa shape index (κ1) is 13.4. The number of aliphatic hydroxyl groups is 1. The Balaban J connectivity index is 1.82. The maximum Gasteiger partial charge on any atom is 0.0695 e. The smallest absolute Gasteiger partial charge is 0.0695 e. The van der Waals surface area contributed by atoms with Crippen LogP contribution < -0.4 is 0 Å². The zero-order chi connectivity index (χ0) is 13.3. The first-order valence-corrected chi connectivity index (χ1v) is 8.35. The predicted octanol–water partition coefficient (Wildman–Crippen LogP) is 4.04. The summed E-state index contributed by atoms with van der Waals surface area (Å²) in [5.74, 6) is 2.06. The van der Waals surface area contributed by atoms with Gasteiger partial charge in [0, 0.05) is 0 Å². The Bertz CT molecular complexity index is 351. The zero-order valence-corrected chi connectivity index (χ0v) is 12.0. The van der Waals surface area contributed by atoms with Crippen LogP contribution in [-0.2, 0) is 0 Å². The Morgan fingerprint density at radius 3 is 2.32 bits per heavy atom. The first-order chi connectivity index (χ1) is 9.26. The van der Waals surface area contributed by atoms with Crippen molar-refractivity contribution >= 4 is 0 Å². The van der Waals surface area contributed by atoms with E-state index in [4.69, 9.17) is 0 Å². The predicted molar refractivity (Wildman–Crippen MR) is 75.3 cm³/mol. The molecule has 3 atom stereocenters. The van der Waals surface area contributed by atoms with Crippen LogP contribution in [0.15, 0.2) is 0 Å². The van der Waals surface area contributed by atoms with E-state index >= 15 is 0 Å². The van der Waals surface area contributed by atoms with E-state index in [0.29, 0.717) is 11.8 Å². The van der Waals surface area contributed by atoms with E-state index in [9.17, 15) is 10.4 Å². The zero-order valence-electron chi connectivity index (χ0n) is 12.0. The van der Waals surface area contributed by atoms with Gasteiger partial charge in [-0.2, -0.15) is 5.26 Å². The van der Waals surface area contributed by atoms with E-state index in [1.807, 2.05) is 0 Å². The van der Waals surface area contributed by atoms with Crippen LogP contribution in [0.5, 0.6) is 0 Å². The van der Waals surface area contributed by atoms with Crippen molar-refractivity contribution in [3.8, 4) is 6.07 Å². The fourth-order valence-corrected chi connectivity index (χ4v) is 5.40. The summed E-state index contributed by atoms with van der Waals surface area (Å²) in [7, 11) is 0. The molecule has 3 aliphatic carbocycles. The molecule has 0 radical (unpaired) electrons. The average molecular weight is 261 g/mol. The lowest BCUT2D eigenvalue weighted by Crippen LogP contribution is -2.46. The van der Waals surface area contributed by atoms with Gasteiger partial charge in [-0.25, -0.2) is 0 Å². The van der Waals surface area contributed by atoms with Crippen LogP contribution in [0.25, 0.3) is 0 Å². The summed E-state index contributed by atoms with van der Waals surface area (Å²) in [6.45, 7) is 0. The van der Waals surface area contributed by atoms with Crippen LogP contribution >= 0.6 is 0 Å². The van der Waals surface area contributed by atoms with Gasteiger partial charge in [-0.3, -0.25) is 0 Å². The van der Waals surface area contributed by atoms with Crippen molar-refractivity contribution < 1.29 is 5.11 Å². The van der Waals surface area contributed by atoms with Gasteiger partial charge in [-0.15, -0.1) is 0 Å². The monoisotopic (exact) mass is 261 g/mol. The first-order valence-electron chi connectivity index (χ1n) is 8.35. The Kier molecular flexibility index (Phi) is 3.85. The molecule has 3 rings (SSSR count). The van der Waals surface area contributed by atoms with Gasteiger partial charge in [-0.1, -0.05) is 32.1 Å². The molecule has 0 heterocycles. The Hall–Kier alpha value is -0.550. The lowest BCUT2D eigenvalue weighted by molar-refractivity contribution is -0.0206. The third kappa shape index (κ3) is 2.31. The summed E-state index contributed by atoms with van der Waals surface area (Å²) in [6.07, 6.45) is 13.0. The SMILES string of the molecule is N#CC1(C2CCC(O)CC2)CCCC2CCCCC21. The molecule has 0 amide bonds. The van der Waals surface area contributed by atoms with Crippen molar-refractivity contribution in [2.75, 3.05) is 0 Å². The molecule has 0 bridgehead atoms. The minimum Gasteiger partial charge on any atom is -0.393 e. The van der Waals surface area contributed by atoms with E-state index in [1.54, 1.807) is 0 Å². The molecule has 0 aromatic rings. The van der Waals surface area contributed by atoms with Crippen molar-refractivity contribution in [1.29, 1.82) is 5.26 Å². The van der Waals surface area contributed by atoms with Crippen molar-refractivity contribution in [1.82, 2.24) is 0 Å². The van der Waals surface area contributed by atoms with Crippen molar-refractivity contribution in [3.63, 3.8) is 0 Å². The van der Waals surface area contributed by atoms with Gasteiger partial charge in [0.1, 0.15) is 0 Å². The number of aliphatic hydroxyl groups excluding tert-OH is 1. The summed E-state index contributed by atoms with van der Waals surface area (Å²) in [5.41, 5.74) is -0.0382. The Morgan fingerprint density at radius 1 is 0.895 bits per heavy atom. The summed E-state index contributed by atoms with van der Waals surface area (Å²) < 4.78 is 0. The number of nitriles is 1. The van der Waals surface area contributed by atoms with E-state index in [1.165, 1.54) is 38.5 Å². The molecule has 2 heteroatoms. The number of nitrogens with zero attached hydrogens (tertiary/aromatic N) is 1. The molecular weight excluding hydrogens is 234 g/mol. The average Bonchev–Trinajstić information content (AvgIpc) is 2.47. The van der Waals surface area contributed by atoms with Crippen LogP contribution in [0.2, 0.25) is 0 Å². The van der Waals surface area contributed by atoms with Crippen LogP contribution in [0.3, 0.4) is 0 Å². The van der Waals surface area contributed by atoms with Gasteiger partial charge in [0.25, 0.3) is 0 Å². The molecule has 0 spiro atoms. The van der Waals surface area contributed by atoms with E-state index in [2.05, 4.69) is 6.07 Å². The van der Waals surface area contributed by atoms with Crippen LogP contribution in [0.1, 0.15) is 70.6 Å². The fraction of sp³-hybridized carbons (Fsp3) is 0.941. The highest BCUT2D eigenvalue weighted by atomic mass is 16.3. The number of hydrogen-bond acceptors (Lipinski definition) is 2. The standard InChI is InChI=1S/C17H27NO/c18-12-17(14-7-9-15(19)10-8-14)11-3-5-13-4-1-2-6-16(13)17/h13-16,19H,1-11H2. The molecule has 0 aromatic heterocycles. The molecule has 19 heavy (non-hydrogen) atoms. The van der Waals surface area contributed by atoms with Crippen LogP contribution in [0.4, 0.5) is 0 Å². The number of fused-ring (bicyclic) bond motifs is 1. The van der Waals surface area contributed by atoms with Gasteiger partial charge in [0.2, 0.25) is 0 Å². The summed E-state index contributed by atoms with van der Waals surface area (Å²) in [6, 6.07) is 2.82. The third-order valence-corrected chi connectivity index (χ3v) is 6.37. The van der Waals surface area contributed by atoms with Gasteiger partial charge < -0.3 is 5.11 Å². The normalized spacial score (nSPS) is 47.2. The van der Waals surface area contributed by atoms with Gasteiger partial charge in [0.05, 0.1) is 17.6 Å². The van der Waals surface area contributed by atoms with Crippen molar-refractivity contribution in [2.24, 2.45) is 23.2 Å². The molecular formula is C17H27NO. The third-order valence-electron chi connectivity index (χ3n) is 6.37. The van der Waals surface area contributed by atoms with Gasteiger partial charge in [-0.05, 0) is 56.3 Å². The molecule has 0 aromatic carbocycles. The second kappa shape index (κ2) is 5.44. The van der Waals surface area contributed by atoms with E-state index in [0.717, 1.165) is 38.0 Å². The molecule has 0 saturated heterocycles. The topological polar surface area (TPSA) is 44.0 Å². The van der Waals surface area contributed by atoms with E-state index < -0.39 is 0 Å². The summed E-state index contributed by atoms with van der Waals surface area (Å²) in [4.78, 5) is 0. The number of rotatable bonds is 1. The molecule has 3 unspecified atom stereocenters. The molecule has 0 aliphatic heterocycles. The van der Waals surface area contributed by atoms with Gasteiger partial charge >= 0.3 is 0 Å². The lowest BCUT2D eigenvalue weighted by atomic mass is 9.51. The summed E-state index contributed by atoms with van der Waals surface area (Å²) >= 11 is 0. The van der Waals surface area contributed by atoms with Crippen molar-refractivity contribution in [3.05, 3.63) is 0 Å². The van der Waals surface area contributed by atoms with Crippen molar-refractivity contribution in [2.45, 2.75) is 76.7 Å². The molecule has 3 aliphatic rings. The molecule has 3 saturated carbocycles. The minimum atomic E-state index is -0.0993. The Labute approximate surface area is 117 Å². The van der Waals surface area contributed by atoms with Crippen LogP contribution in [0, 0.1) is 34.5 Å². The van der Waals surface area contributed by atoms with E-state index in [-0.39, 0.29) is 11.5 Å². The lowest BCUT2D eigenvalue weighted by Gasteiger charge is -2.51. The molecule has 1 N–H and O–H groups in total. The Morgan fingerprint density at radius 2 is 1.58 bits per heavy atom. The van der Waals surface area contributed by atoms with Gasteiger partial charge in [0.15, 0.2) is 0 Å². The quantitative estimate of drug-likeness (QED) is 0.774. The molecule has 106 valence electrons. The second-order valence-corrected chi connectivity index (χ2v) is 7.20. The maximum absolute atomic E-state index is 9.99. The highest BCUT2D eigenvalue weighted by Gasteiger charge is 2.51. The maximum atomic E-state index is 9.99. The molecule has 3 fully saturated rings. The highest BCUT2D eigenvalue weighted by molar-refractivity contribution is 5.11. The van der Waals surface area contributed by atoms with Crippen LogP contribution in [-0.4, -0.2) is 11.2 Å².